The molecule has 1 atom stereocenters. The highest BCUT2D eigenvalue weighted by Crippen LogP contribution is 2.19. The molecule has 0 aromatic heterocycles. The van der Waals surface area contributed by atoms with Crippen LogP contribution in [0.1, 0.15) is 17.5 Å². The zero-order chi connectivity index (χ0) is 14.4. The van der Waals surface area contributed by atoms with Crippen LogP contribution in [0.3, 0.4) is 0 Å². The number of rotatable bonds is 6. The van der Waals surface area contributed by atoms with Gasteiger partial charge >= 0.3 is 0 Å². The van der Waals surface area contributed by atoms with Gasteiger partial charge < -0.3 is 14.6 Å². The number of benzene rings is 1. The van der Waals surface area contributed by atoms with Crippen molar-refractivity contribution in [2.24, 2.45) is 0 Å². The molecule has 1 unspecified atom stereocenters. The lowest BCUT2D eigenvalue weighted by molar-refractivity contribution is -0.0533. The van der Waals surface area contributed by atoms with E-state index >= 15 is 0 Å². The van der Waals surface area contributed by atoms with Gasteiger partial charge in [0, 0.05) is 19.6 Å². The van der Waals surface area contributed by atoms with Crippen molar-refractivity contribution >= 4 is 0 Å². The van der Waals surface area contributed by atoms with Crippen LogP contribution >= 0.6 is 0 Å². The van der Waals surface area contributed by atoms with Crippen LogP contribution in [0.2, 0.25) is 0 Å². The smallest absolute Gasteiger partial charge is 0.122 e. The second-order valence-corrected chi connectivity index (χ2v) is 5.45. The summed E-state index contributed by atoms with van der Waals surface area (Å²) in [5, 5.41) is 9.11. The molecule has 0 spiro atoms. The van der Waals surface area contributed by atoms with Gasteiger partial charge in [-0.25, -0.2) is 0 Å². The third kappa shape index (κ3) is 4.47. The zero-order valence-corrected chi connectivity index (χ0v) is 12.5. The molecule has 1 aliphatic heterocycles. The van der Waals surface area contributed by atoms with Gasteiger partial charge in [0.05, 0.1) is 25.9 Å². The molecule has 1 heterocycles. The second kappa shape index (κ2) is 7.62. The van der Waals surface area contributed by atoms with Gasteiger partial charge in [0.25, 0.3) is 0 Å². The van der Waals surface area contributed by atoms with Gasteiger partial charge in [-0.3, -0.25) is 4.90 Å². The van der Waals surface area contributed by atoms with Crippen LogP contribution in [0, 0.1) is 13.8 Å². The summed E-state index contributed by atoms with van der Waals surface area (Å²) in [6.45, 7) is 8.45. The number of hydrogen-bond donors (Lipinski definition) is 1. The van der Waals surface area contributed by atoms with Gasteiger partial charge in [-0.05, 0) is 37.5 Å². The number of aryl methyl sites for hydroxylation is 2. The number of hydrogen-bond acceptors (Lipinski definition) is 4. The third-order valence-corrected chi connectivity index (χ3v) is 3.65. The first-order chi connectivity index (χ1) is 9.69. The average molecular weight is 279 g/mol. The predicted molar refractivity (Wildman–Crippen MR) is 79.3 cm³/mol. The first-order valence-corrected chi connectivity index (χ1v) is 7.34. The fourth-order valence-electron chi connectivity index (χ4n) is 2.43. The highest BCUT2D eigenvalue weighted by atomic mass is 16.5. The number of aliphatic hydroxyl groups excluding tert-OH is 1. The molecular weight excluding hydrogens is 254 g/mol. The van der Waals surface area contributed by atoms with Crippen LogP contribution in [0.5, 0.6) is 5.75 Å². The Balaban J connectivity index is 1.69. The number of nitrogens with zero attached hydrogens (tertiary/aromatic N) is 1. The minimum Gasteiger partial charge on any atom is -0.493 e. The van der Waals surface area contributed by atoms with Crippen LogP contribution in [-0.4, -0.2) is 55.6 Å². The van der Waals surface area contributed by atoms with Crippen LogP contribution in [0.25, 0.3) is 0 Å². The van der Waals surface area contributed by atoms with Crippen molar-refractivity contribution in [3.05, 3.63) is 29.3 Å². The summed E-state index contributed by atoms with van der Waals surface area (Å²) >= 11 is 0. The molecule has 1 fully saturated rings. The Kier molecular flexibility index (Phi) is 5.83. The monoisotopic (exact) mass is 279 g/mol. The summed E-state index contributed by atoms with van der Waals surface area (Å²) in [7, 11) is 0. The summed E-state index contributed by atoms with van der Waals surface area (Å²) in [5.74, 6) is 0.986. The summed E-state index contributed by atoms with van der Waals surface area (Å²) in [5.41, 5.74) is 2.41. The van der Waals surface area contributed by atoms with E-state index in [2.05, 4.69) is 36.9 Å². The topological polar surface area (TPSA) is 41.9 Å². The Morgan fingerprint density at radius 3 is 3.05 bits per heavy atom. The summed E-state index contributed by atoms with van der Waals surface area (Å²) in [4.78, 5) is 2.33. The molecule has 0 amide bonds. The molecule has 1 N–H and O–H groups in total. The molecule has 0 bridgehead atoms. The Hall–Kier alpha value is -1.10. The van der Waals surface area contributed by atoms with Crippen molar-refractivity contribution in [2.75, 3.05) is 39.5 Å². The van der Waals surface area contributed by atoms with E-state index in [1.54, 1.807) is 0 Å². The molecule has 4 nitrogen and oxygen atoms in total. The average Bonchev–Trinajstić information content (AvgIpc) is 2.47. The van der Waals surface area contributed by atoms with Crippen molar-refractivity contribution < 1.29 is 14.6 Å². The summed E-state index contributed by atoms with van der Waals surface area (Å²) in [6, 6.07) is 6.29. The van der Waals surface area contributed by atoms with Gasteiger partial charge in [-0.1, -0.05) is 12.1 Å². The molecule has 1 saturated heterocycles. The van der Waals surface area contributed by atoms with Crippen LogP contribution in [0.15, 0.2) is 18.2 Å². The summed E-state index contributed by atoms with van der Waals surface area (Å²) in [6.07, 6.45) is 0.967. The summed E-state index contributed by atoms with van der Waals surface area (Å²) < 4.78 is 11.3. The molecule has 4 heteroatoms. The van der Waals surface area contributed by atoms with Gasteiger partial charge in [-0.2, -0.15) is 0 Å². The largest absolute Gasteiger partial charge is 0.493 e. The van der Waals surface area contributed by atoms with Gasteiger partial charge in [0.2, 0.25) is 0 Å². The van der Waals surface area contributed by atoms with E-state index in [9.17, 15) is 0 Å². The van der Waals surface area contributed by atoms with E-state index in [0.717, 1.165) is 38.4 Å². The van der Waals surface area contributed by atoms with E-state index in [1.807, 2.05) is 0 Å². The lowest BCUT2D eigenvalue weighted by atomic mass is 10.1. The first-order valence-electron chi connectivity index (χ1n) is 7.34. The minimum absolute atomic E-state index is 0.0244. The van der Waals surface area contributed by atoms with Crippen molar-refractivity contribution in [1.29, 1.82) is 0 Å². The maximum atomic E-state index is 9.11. The van der Waals surface area contributed by atoms with Crippen LogP contribution in [-0.2, 0) is 4.74 Å². The Morgan fingerprint density at radius 2 is 2.25 bits per heavy atom. The second-order valence-electron chi connectivity index (χ2n) is 5.45. The van der Waals surface area contributed by atoms with E-state index in [4.69, 9.17) is 14.6 Å². The first kappa shape index (κ1) is 15.3. The minimum atomic E-state index is -0.0244. The zero-order valence-electron chi connectivity index (χ0n) is 12.5. The molecular formula is C16H25NO3. The van der Waals surface area contributed by atoms with E-state index in [1.165, 1.54) is 11.1 Å². The standard InChI is InChI=1S/C16H25NO3/c1-13-4-5-14(2)16(10-13)20-8-3-6-17-7-9-19-15(11-17)12-18/h4-5,10,15,18H,3,6-9,11-12H2,1-2H3. The van der Waals surface area contributed by atoms with Crippen molar-refractivity contribution in [2.45, 2.75) is 26.4 Å². The van der Waals surface area contributed by atoms with E-state index in [-0.39, 0.29) is 12.7 Å². The quantitative estimate of drug-likeness (QED) is 0.806. The highest BCUT2D eigenvalue weighted by molar-refractivity contribution is 5.35. The molecule has 0 radical (unpaired) electrons. The van der Waals surface area contributed by atoms with Crippen molar-refractivity contribution in [1.82, 2.24) is 4.90 Å². The highest BCUT2D eigenvalue weighted by Gasteiger charge is 2.18. The van der Waals surface area contributed by atoms with Gasteiger partial charge in [-0.15, -0.1) is 0 Å². The molecule has 1 aromatic carbocycles. The lowest BCUT2D eigenvalue weighted by Gasteiger charge is -2.31. The normalized spacial score (nSPS) is 20.1. The molecule has 20 heavy (non-hydrogen) atoms. The molecule has 0 saturated carbocycles. The van der Waals surface area contributed by atoms with E-state index < -0.39 is 0 Å². The molecule has 1 aliphatic rings. The molecule has 112 valence electrons. The Labute approximate surface area is 121 Å². The molecule has 0 aliphatic carbocycles. The Bertz CT molecular complexity index is 422. The molecule has 1 aromatic rings. The fraction of sp³-hybridized carbons (Fsp3) is 0.625. The number of morpholine rings is 1. The number of ether oxygens (including phenoxy) is 2. The maximum Gasteiger partial charge on any atom is 0.122 e. The fourth-order valence-corrected chi connectivity index (χ4v) is 2.43. The van der Waals surface area contributed by atoms with Crippen LogP contribution < -0.4 is 4.74 Å². The maximum absolute atomic E-state index is 9.11. The van der Waals surface area contributed by atoms with Gasteiger partial charge in [0.15, 0.2) is 0 Å². The Morgan fingerprint density at radius 1 is 1.40 bits per heavy atom. The SMILES string of the molecule is Cc1ccc(C)c(OCCCN2CCOC(CO)C2)c1. The third-order valence-electron chi connectivity index (χ3n) is 3.65. The van der Waals surface area contributed by atoms with Crippen LogP contribution in [0.4, 0.5) is 0 Å². The predicted octanol–water partition coefficient (Wildman–Crippen LogP) is 1.77. The number of aliphatic hydroxyl groups is 1. The van der Waals surface area contributed by atoms with Gasteiger partial charge in [0.1, 0.15) is 5.75 Å². The van der Waals surface area contributed by atoms with Crippen molar-refractivity contribution in [3.63, 3.8) is 0 Å². The van der Waals surface area contributed by atoms with Crippen molar-refractivity contribution in [3.8, 4) is 5.75 Å². The molecule has 2 rings (SSSR count). The lowest BCUT2D eigenvalue weighted by Crippen LogP contribution is -2.44. The van der Waals surface area contributed by atoms with E-state index in [0.29, 0.717) is 6.61 Å².